The van der Waals surface area contributed by atoms with Crippen LogP contribution in [0.2, 0.25) is 0 Å². The van der Waals surface area contributed by atoms with Crippen molar-refractivity contribution in [2.24, 2.45) is 5.73 Å². The number of hydrogen-bond donors (Lipinski definition) is 1. The summed E-state index contributed by atoms with van der Waals surface area (Å²) in [6.45, 7) is 5.32. The predicted molar refractivity (Wildman–Crippen MR) is 85.6 cm³/mol. The standard InChI is InChI=1S/C17H28N2O2/c1-3-20-17-10-5-4-9-15(17)16(18)13-19(2)12-14-8-6-7-11-21-14/h4-5,9-10,14,16H,3,6-8,11-13,18H2,1-2H3. The van der Waals surface area contributed by atoms with E-state index in [4.69, 9.17) is 15.2 Å². The van der Waals surface area contributed by atoms with Gasteiger partial charge in [-0.1, -0.05) is 18.2 Å². The first-order chi connectivity index (χ1) is 10.2. The van der Waals surface area contributed by atoms with Crippen LogP contribution in [0.25, 0.3) is 0 Å². The molecule has 2 unspecified atom stereocenters. The average molecular weight is 292 g/mol. The van der Waals surface area contributed by atoms with Crippen molar-refractivity contribution >= 4 is 0 Å². The largest absolute Gasteiger partial charge is 0.494 e. The van der Waals surface area contributed by atoms with Crippen LogP contribution in [0.15, 0.2) is 24.3 Å². The molecule has 2 rings (SSSR count). The highest BCUT2D eigenvalue weighted by Gasteiger charge is 2.19. The van der Waals surface area contributed by atoms with Crippen LogP contribution in [0.4, 0.5) is 0 Å². The van der Waals surface area contributed by atoms with Gasteiger partial charge in [-0.2, -0.15) is 0 Å². The van der Waals surface area contributed by atoms with Gasteiger partial charge in [0.1, 0.15) is 5.75 Å². The second kappa shape index (κ2) is 8.37. The summed E-state index contributed by atoms with van der Waals surface area (Å²) < 4.78 is 11.5. The first kappa shape index (κ1) is 16.3. The summed E-state index contributed by atoms with van der Waals surface area (Å²) in [4.78, 5) is 2.27. The van der Waals surface area contributed by atoms with Crippen molar-refractivity contribution in [1.29, 1.82) is 0 Å². The summed E-state index contributed by atoms with van der Waals surface area (Å²) in [5, 5.41) is 0. The van der Waals surface area contributed by atoms with E-state index in [1.54, 1.807) is 0 Å². The van der Waals surface area contributed by atoms with Gasteiger partial charge in [-0.25, -0.2) is 0 Å². The smallest absolute Gasteiger partial charge is 0.124 e. The lowest BCUT2D eigenvalue weighted by atomic mass is 10.1. The molecular weight excluding hydrogens is 264 g/mol. The minimum atomic E-state index is -0.0404. The Labute approximate surface area is 128 Å². The van der Waals surface area contributed by atoms with Gasteiger partial charge < -0.3 is 20.1 Å². The molecule has 1 fully saturated rings. The van der Waals surface area contributed by atoms with E-state index in [0.29, 0.717) is 12.7 Å². The van der Waals surface area contributed by atoms with Crippen LogP contribution in [-0.2, 0) is 4.74 Å². The molecule has 0 radical (unpaired) electrons. The Morgan fingerprint density at radius 2 is 2.19 bits per heavy atom. The molecule has 1 aromatic carbocycles. The maximum atomic E-state index is 6.37. The van der Waals surface area contributed by atoms with E-state index in [1.807, 2.05) is 25.1 Å². The van der Waals surface area contributed by atoms with Gasteiger partial charge in [0.05, 0.1) is 12.7 Å². The van der Waals surface area contributed by atoms with Gasteiger partial charge >= 0.3 is 0 Å². The van der Waals surface area contributed by atoms with E-state index in [-0.39, 0.29) is 6.04 Å². The molecule has 2 atom stereocenters. The summed E-state index contributed by atoms with van der Waals surface area (Å²) in [5.74, 6) is 0.898. The molecule has 1 saturated heterocycles. The molecule has 2 N–H and O–H groups in total. The van der Waals surface area contributed by atoms with E-state index in [9.17, 15) is 0 Å². The zero-order valence-electron chi connectivity index (χ0n) is 13.3. The number of likely N-dealkylation sites (N-methyl/N-ethyl adjacent to an activating group) is 1. The number of ether oxygens (including phenoxy) is 2. The van der Waals surface area contributed by atoms with Gasteiger partial charge in [0.15, 0.2) is 0 Å². The molecule has 0 bridgehead atoms. The molecule has 4 nitrogen and oxygen atoms in total. The van der Waals surface area contributed by atoms with E-state index in [2.05, 4.69) is 18.0 Å². The SMILES string of the molecule is CCOc1ccccc1C(N)CN(C)CC1CCCCO1. The Morgan fingerprint density at radius 1 is 1.38 bits per heavy atom. The number of para-hydroxylation sites is 1. The van der Waals surface area contributed by atoms with Crippen LogP contribution in [-0.4, -0.2) is 44.4 Å². The molecule has 118 valence electrons. The highest BCUT2D eigenvalue weighted by molar-refractivity contribution is 5.35. The van der Waals surface area contributed by atoms with Crippen molar-refractivity contribution in [1.82, 2.24) is 4.90 Å². The molecule has 0 saturated carbocycles. The number of benzene rings is 1. The summed E-state index contributed by atoms with van der Waals surface area (Å²) >= 11 is 0. The highest BCUT2D eigenvalue weighted by atomic mass is 16.5. The van der Waals surface area contributed by atoms with Gasteiger partial charge in [-0.3, -0.25) is 0 Å². The van der Waals surface area contributed by atoms with Crippen molar-refractivity contribution in [2.75, 3.05) is 33.4 Å². The molecule has 1 aromatic rings. The third kappa shape index (κ3) is 4.99. The summed E-state index contributed by atoms with van der Waals surface area (Å²) in [6.07, 6.45) is 3.99. The second-order valence-corrected chi connectivity index (χ2v) is 5.79. The molecule has 0 amide bonds. The van der Waals surface area contributed by atoms with E-state index in [1.165, 1.54) is 12.8 Å². The zero-order valence-corrected chi connectivity index (χ0v) is 13.3. The highest BCUT2D eigenvalue weighted by Crippen LogP contribution is 2.24. The second-order valence-electron chi connectivity index (χ2n) is 5.79. The fourth-order valence-corrected chi connectivity index (χ4v) is 2.88. The Bertz CT molecular complexity index is 419. The first-order valence-corrected chi connectivity index (χ1v) is 7.98. The molecule has 0 aromatic heterocycles. The summed E-state index contributed by atoms with van der Waals surface area (Å²) in [5.41, 5.74) is 7.45. The van der Waals surface area contributed by atoms with Crippen LogP contribution in [0.3, 0.4) is 0 Å². The van der Waals surface area contributed by atoms with Gasteiger partial charge in [-0.05, 0) is 39.3 Å². The quantitative estimate of drug-likeness (QED) is 0.839. The Hall–Kier alpha value is -1.10. The van der Waals surface area contributed by atoms with Crippen LogP contribution in [0.5, 0.6) is 5.75 Å². The van der Waals surface area contributed by atoms with E-state index < -0.39 is 0 Å². The minimum absolute atomic E-state index is 0.0404. The monoisotopic (exact) mass is 292 g/mol. The van der Waals surface area contributed by atoms with Crippen LogP contribution in [0, 0.1) is 0 Å². The number of hydrogen-bond acceptors (Lipinski definition) is 4. The molecule has 1 aliphatic rings. The van der Waals surface area contributed by atoms with Gasteiger partial charge in [-0.15, -0.1) is 0 Å². The number of nitrogens with zero attached hydrogens (tertiary/aromatic N) is 1. The minimum Gasteiger partial charge on any atom is -0.494 e. The van der Waals surface area contributed by atoms with Crippen LogP contribution < -0.4 is 10.5 Å². The third-order valence-electron chi connectivity index (χ3n) is 3.92. The molecular formula is C17H28N2O2. The van der Waals surface area contributed by atoms with Crippen LogP contribution in [0.1, 0.15) is 37.8 Å². The lowest BCUT2D eigenvalue weighted by Crippen LogP contribution is -2.37. The zero-order chi connectivity index (χ0) is 15.1. The van der Waals surface area contributed by atoms with Crippen molar-refractivity contribution in [3.05, 3.63) is 29.8 Å². The Kier molecular flexibility index (Phi) is 6.49. The fraction of sp³-hybridized carbons (Fsp3) is 0.647. The molecule has 4 heteroatoms. The average Bonchev–Trinajstić information content (AvgIpc) is 2.49. The number of nitrogens with two attached hydrogens (primary N) is 1. The normalized spacial score (nSPS) is 20.5. The van der Waals surface area contributed by atoms with Crippen molar-refractivity contribution in [3.8, 4) is 5.75 Å². The van der Waals surface area contributed by atoms with Crippen molar-refractivity contribution < 1.29 is 9.47 Å². The molecule has 1 aliphatic heterocycles. The van der Waals surface area contributed by atoms with Crippen molar-refractivity contribution in [2.45, 2.75) is 38.3 Å². The van der Waals surface area contributed by atoms with Crippen LogP contribution >= 0.6 is 0 Å². The lowest BCUT2D eigenvalue weighted by Gasteiger charge is -2.29. The molecule has 0 aliphatic carbocycles. The van der Waals surface area contributed by atoms with E-state index in [0.717, 1.165) is 37.4 Å². The third-order valence-corrected chi connectivity index (χ3v) is 3.92. The summed E-state index contributed by atoms with van der Waals surface area (Å²) in [7, 11) is 2.11. The summed E-state index contributed by atoms with van der Waals surface area (Å²) in [6, 6.07) is 8.01. The Balaban J connectivity index is 1.89. The first-order valence-electron chi connectivity index (χ1n) is 7.98. The van der Waals surface area contributed by atoms with Gasteiger partial charge in [0, 0.05) is 31.3 Å². The topological polar surface area (TPSA) is 47.7 Å². The molecule has 0 spiro atoms. The van der Waals surface area contributed by atoms with E-state index >= 15 is 0 Å². The fourth-order valence-electron chi connectivity index (χ4n) is 2.88. The maximum Gasteiger partial charge on any atom is 0.124 e. The Morgan fingerprint density at radius 3 is 2.90 bits per heavy atom. The van der Waals surface area contributed by atoms with Gasteiger partial charge in [0.25, 0.3) is 0 Å². The molecule has 21 heavy (non-hydrogen) atoms. The lowest BCUT2D eigenvalue weighted by molar-refractivity contribution is -0.00216. The van der Waals surface area contributed by atoms with Gasteiger partial charge in [0.2, 0.25) is 0 Å². The predicted octanol–water partition coefficient (Wildman–Crippen LogP) is 2.59. The maximum absolute atomic E-state index is 6.37. The number of rotatable bonds is 7. The van der Waals surface area contributed by atoms with Crippen molar-refractivity contribution in [3.63, 3.8) is 0 Å². The molecule has 1 heterocycles.